The number of hydrogen-bond donors (Lipinski definition) is 0. The predicted molar refractivity (Wildman–Crippen MR) is 111 cm³/mol. The molecule has 1 aromatic heterocycles. The number of fused-ring (bicyclic) bond motifs is 1. The molecule has 0 radical (unpaired) electrons. The molecule has 1 aromatic carbocycles. The van der Waals surface area contributed by atoms with Gasteiger partial charge in [0.25, 0.3) is 0 Å². The first-order valence-corrected chi connectivity index (χ1v) is 10.3. The lowest BCUT2D eigenvalue weighted by atomic mass is 9.96. The number of likely N-dealkylation sites (tertiary alicyclic amines) is 1. The van der Waals surface area contributed by atoms with Gasteiger partial charge in [-0.1, -0.05) is 39.0 Å². The van der Waals surface area contributed by atoms with Crippen LogP contribution in [0.1, 0.15) is 46.2 Å². The molecule has 5 nitrogen and oxygen atoms in total. The van der Waals surface area contributed by atoms with Crippen LogP contribution in [0.25, 0.3) is 16.7 Å². The Balaban J connectivity index is 1.69. The molecule has 0 saturated carbocycles. The van der Waals surface area contributed by atoms with Crippen LogP contribution in [0, 0.1) is 5.92 Å². The molecule has 0 bridgehead atoms. The summed E-state index contributed by atoms with van der Waals surface area (Å²) in [5.74, 6) is 2.26. The summed E-state index contributed by atoms with van der Waals surface area (Å²) in [4.78, 5) is 7.50. The van der Waals surface area contributed by atoms with Crippen LogP contribution in [-0.2, 0) is 11.2 Å². The van der Waals surface area contributed by atoms with Gasteiger partial charge < -0.3 is 4.74 Å². The molecule has 0 amide bonds. The van der Waals surface area contributed by atoms with Crippen LogP contribution in [-0.4, -0.2) is 46.3 Å². The summed E-state index contributed by atoms with van der Waals surface area (Å²) in [6.45, 7) is 11.6. The van der Waals surface area contributed by atoms with E-state index in [0.29, 0.717) is 18.6 Å². The second kappa shape index (κ2) is 7.47. The number of aliphatic imine (C=N–C) groups is 1. The van der Waals surface area contributed by atoms with Crippen molar-refractivity contribution in [2.45, 2.75) is 53.0 Å². The van der Waals surface area contributed by atoms with Crippen LogP contribution in [0.3, 0.4) is 0 Å². The highest BCUT2D eigenvalue weighted by Crippen LogP contribution is 2.30. The molecule has 2 aliphatic rings. The molecule has 144 valence electrons. The summed E-state index contributed by atoms with van der Waals surface area (Å²) in [5.41, 5.74) is 3.48. The van der Waals surface area contributed by atoms with Crippen molar-refractivity contribution in [3.63, 3.8) is 0 Å². The van der Waals surface area contributed by atoms with Crippen molar-refractivity contribution in [1.29, 1.82) is 0 Å². The Morgan fingerprint density at radius 2 is 1.93 bits per heavy atom. The third-order valence-corrected chi connectivity index (χ3v) is 6.03. The largest absolute Gasteiger partial charge is 0.476 e. The van der Waals surface area contributed by atoms with E-state index in [-0.39, 0.29) is 0 Å². The fourth-order valence-corrected chi connectivity index (χ4v) is 3.95. The Morgan fingerprint density at radius 3 is 2.63 bits per heavy atom. The fraction of sp³-hybridized carbons (Fsp3) is 0.545. The van der Waals surface area contributed by atoms with Gasteiger partial charge in [0.1, 0.15) is 6.61 Å². The standard InChI is InChI=1S/C22H30N4O/c1-5-15(4)25-12-17(13-25)22-23-21(16(6-2)14-27-22)26-20-11-9-8-10-18(20)19(7-3)24-26/h8-11,15,17H,5-7,12-14H2,1-4H3. The van der Waals surface area contributed by atoms with Crippen LogP contribution in [0.4, 0.5) is 0 Å². The molecule has 5 heteroatoms. The molecule has 1 saturated heterocycles. The molecular weight excluding hydrogens is 336 g/mol. The number of rotatable bonds is 6. The number of ether oxygens (including phenoxy) is 1. The smallest absolute Gasteiger partial charge is 0.196 e. The van der Waals surface area contributed by atoms with Crippen molar-refractivity contribution in [3.8, 4) is 0 Å². The molecule has 2 aromatic rings. The van der Waals surface area contributed by atoms with Crippen molar-refractivity contribution in [2.75, 3.05) is 19.7 Å². The number of aryl methyl sites for hydroxylation is 1. The molecule has 2 aliphatic heterocycles. The maximum absolute atomic E-state index is 6.07. The Hall–Kier alpha value is -2.14. The Bertz CT molecular complexity index is 889. The van der Waals surface area contributed by atoms with Gasteiger partial charge in [0.2, 0.25) is 0 Å². The lowest BCUT2D eigenvalue weighted by Crippen LogP contribution is -2.54. The van der Waals surface area contributed by atoms with E-state index in [9.17, 15) is 0 Å². The van der Waals surface area contributed by atoms with Crippen LogP contribution in [0.5, 0.6) is 0 Å². The molecule has 1 atom stereocenters. The lowest BCUT2D eigenvalue weighted by molar-refractivity contribution is 0.0784. The van der Waals surface area contributed by atoms with Crippen molar-refractivity contribution >= 4 is 22.6 Å². The quantitative estimate of drug-likeness (QED) is 0.764. The molecule has 27 heavy (non-hydrogen) atoms. The zero-order valence-electron chi connectivity index (χ0n) is 16.9. The Labute approximate surface area is 161 Å². The van der Waals surface area contributed by atoms with Gasteiger partial charge in [-0.25, -0.2) is 4.68 Å². The first-order chi connectivity index (χ1) is 13.2. The number of nitrogens with zero attached hydrogens (tertiary/aromatic N) is 4. The van der Waals surface area contributed by atoms with Crippen LogP contribution >= 0.6 is 0 Å². The highest BCUT2D eigenvalue weighted by atomic mass is 16.5. The van der Waals surface area contributed by atoms with E-state index in [1.54, 1.807) is 0 Å². The van der Waals surface area contributed by atoms with Crippen LogP contribution in [0.2, 0.25) is 0 Å². The molecule has 0 N–H and O–H groups in total. The maximum Gasteiger partial charge on any atom is 0.196 e. The van der Waals surface area contributed by atoms with Gasteiger partial charge in [0.15, 0.2) is 11.7 Å². The van der Waals surface area contributed by atoms with E-state index in [1.807, 2.05) is 4.68 Å². The summed E-state index contributed by atoms with van der Waals surface area (Å²) in [5, 5.41) is 6.13. The van der Waals surface area contributed by atoms with Crippen molar-refractivity contribution in [2.24, 2.45) is 10.9 Å². The van der Waals surface area contributed by atoms with E-state index >= 15 is 0 Å². The average Bonchev–Trinajstić information content (AvgIpc) is 3.05. The van der Waals surface area contributed by atoms with Gasteiger partial charge in [-0.05, 0) is 32.3 Å². The topological polar surface area (TPSA) is 42.7 Å². The van der Waals surface area contributed by atoms with Gasteiger partial charge in [-0.15, -0.1) is 0 Å². The summed E-state index contributed by atoms with van der Waals surface area (Å²) in [6, 6.07) is 9.09. The zero-order valence-corrected chi connectivity index (χ0v) is 16.9. The molecule has 4 rings (SSSR count). The minimum atomic E-state index is 0.403. The number of aromatic nitrogens is 2. The molecule has 1 fully saturated rings. The van der Waals surface area contributed by atoms with Crippen molar-refractivity contribution in [3.05, 3.63) is 35.5 Å². The zero-order chi connectivity index (χ0) is 19.0. The van der Waals surface area contributed by atoms with E-state index < -0.39 is 0 Å². The third kappa shape index (κ3) is 3.18. The molecular formula is C22H30N4O. The van der Waals surface area contributed by atoms with Gasteiger partial charge >= 0.3 is 0 Å². The SMILES string of the molecule is CCC1=C(n2nc(CC)c3ccccc32)N=C(C2CN(C(C)CC)C2)OC1. The predicted octanol–water partition coefficient (Wildman–Crippen LogP) is 4.34. The summed E-state index contributed by atoms with van der Waals surface area (Å²) in [7, 11) is 0. The van der Waals surface area contributed by atoms with Crippen LogP contribution < -0.4 is 0 Å². The monoisotopic (exact) mass is 366 g/mol. The minimum Gasteiger partial charge on any atom is -0.476 e. The summed E-state index contributed by atoms with van der Waals surface area (Å²) < 4.78 is 8.11. The minimum absolute atomic E-state index is 0.403. The molecule has 0 aliphatic carbocycles. The van der Waals surface area contributed by atoms with Gasteiger partial charge in [-0.3, -0.25) is 4.90 Å². The highest BCUT2D eigenvalue weighted by Gasteiger charge is 2.36. The van der Waals surface area contributed by atoms with Gasteiger partial charge in [0, 0.05) is 30.1 Å². The summed E-state index contributed by atoms with van der Waals surface area (Å²) >= 11 is 0. The van der Waals surface area contributed by atoms with E-state index in [4.69, 9.17) is 14.8 Å². The first kappa shape index (κ1) is 18.2. The lowest BCUT2D eigenvalue weighted by Gasteiger charge is -2.43. The normalized spacial score (nSPS) is 19.8. The van der Waals surface area contributed by atoms with E-state index in [2.05, 4.69) is 56.9 Å². The number of benzene rings is 1. The maximum atomic E-state index is 6.07. The number of para-hydroxylation sites is 1. The molecule has 1 unspecified atom stereocenters. The van der Waals surface area contributed by atoms with Crippen molar-refractivity contribution in [1.82, 2.24) is 14.7 Å². The van der Waals surface area contributed by atoms with E-state index in [1.165, 1.54) is 17.4 Å². The third-order valence-electron chi connectivity index (χ3n) is 6.03. The van der Waals surface area contributed by atoms with Gasteiger partial charge in [0.05, 0.1) is 17.1 Å². The van der Waals surface area contributed by atoms with E-state index in [0.717, 1.165) is 48.9 Å². The highest BCUT2D eigenvalue weighted by molar-refractivity contribution is 5.89. The second-order valence-corrected chi connectivity index (χ2v) is 7.66. The molecule has 3 heterocycles. The van der Waals surface area contributed by atoms with Crippen molar-refractivity contribution < 1.29 is 4.74 Å². The van der Waals surface area contributed by atoms with Gasteiger partial charge in [-0.2, -0.15) is 10.1 Å². The fourth-order valence-electron chi connectivity index (χ4n) is 3.95. The first-order valence-electron chi connectivity index (χ1n) is 10.3. The number of hydrogen-bond acceptors (Lipinski definition) is 4. The summed E-state index contributed by atoms with van der Waals surface area (Å²) in [6.07, 6.45) is 3.03. The van der Waals surface area contributed by atoms with Crippen LogP contribution in [0.15, 0.2) is 34.8 Å². The Kier molecular flexibility index (Phi) is 5.04. The molecule has 0 spiro atoms. The average molecular weight is 367 g/mol. The Morgan fingerprint density at radius 1 is 1.15 bits per heavy atom. The second-order valence-electron chi connectivity index (χ2n) is 7.66.